The first-order valence-electron chi connectivity index (χ1n) is 9.10. The summed E-state index contributed by atoms with van der Waals surface area (Å²) in [5.74, 6) is -0.750. The van der Waals surface area contributed by atoms with Crippen LogP contribution >= 0.6 is 0 Å². The van der Waals surface area contributed by atoms with Crippen LogP contribution in [-0.2, 0) is 16.1 Å². The molecule has 1 fully saturated rings. The molecule has 26 heavy (non-hydrogen) atoms. The van der Waals surface area contributed by atoms with Crippen LogP contribution in [-0.4, -0.2) is 34.7 Å². The number of benzene rings is 1. The van der Waals surface area contributed by atoms with Crippen molar-refractivity contribution < 1.29 is 14.4 Å². The Kier molecular flexibility index (Phi) is 5.52. The number of imide groups is 1. The molecular formula is C20H25N3O3. The Hall–Kier alpha value is -2.47. The number of nitrogens with zero attached hydrogens (tertiary/aromatic N) is 1. The van der Waals surface area contributed by atoms with Gasteiger partial charge in [-0.2, -0.15) is 0 Å². The lowest BCUT2D eigenvalue weighted by atomic mass is 10.0. The molecule has 0 bridgehead atoms. The van der Waals surface area contributed by atoms with E-state index in [1.54, 1.807) is 11.0 Å². The normalized spacial score (nSPS) is 24.7. The Morgan fingerprint density at radius 1 is 1.15 bits per heavy atom. The molecular weight excluding hydrogens is 330 g/mol. The van der Waals surface area contributed by atoms with Gasteiger partial charge in [-0.15, -0.1) is 0 Å². The fraction of sp³-hybridized carbons (Fsp3) is 0.450. The highest BCUT2D eigenvalue weighted by atomic mass is 16.2. The van der Waals surface area contributed by atoms with Gasteiger partial charge < -0.3 is 10.6 Å². The molecule has 3 aliphatic rings. The fourth-order valence-corrected chi connectivity index (χ4v) is 3.52. The van der Waals surface area contributed by atoms with Crippen molar-refractivity contribution in [3.05, 3.63) is 47.0 Å². The number of amides is 3. The first-order valence-corrected chi connectivity index (χ1v) is 9.10. The van der Waals surface area contributed by atoms with E-state index in [2.05, 4.69) is 17.5 Å². The summed E-state index contributed by atoms with van der Waals surface area (Å²) in [5, 5.41) is 2.29. The van der Waals surface area contributed by atoms with E-state index in [0.29, 0.717) is 24.6 Å². The van der Waals surface area contributed by atoms with Gasteiger partial charge in [0.15, 0.2) is 0 Å². The number of carbonyl (C=O) groups excluding carboxylic acids is 3. The Bertz CT molecular complexity index is 757. The van der Waals surface area contributed by atoms with Gasteiger partial charge in [0.05, 0.1) is 0 Å². The van der Waals surface area contributed by atoms with Crippen LogP contribution in [0.3, 0.4) is 0 Å². The number of fused-ring (bicyclic) bond motifs is 1. The van der Waals surface area contributed by atoms with Crippen LogP contribution in [0.4, 0.5) is 0 Å². The molecule has 1 saturated heterocycles. The largest absolute Gasteiger partial charge is 0.327 e. The first kappa shape index (κ1) is 18.3. The number of hydrogen-bond acceptors (Lipinski definition) is 4. The molecule has 138 valence electrons. The van der Waals surface area contributed by atoms with Crippen LogP contribution in [0, 0.1) is 6.92 Å². The number of carbonyl (C=O) groups is 3. The van der Waals surface area contributed by atoms with Crippen molar-refractivity contribution >= 4 is 17.7 Å². The molecule has 2 aliphatic heterocycles. The van der Waals surface area contributed by atoms with Crippen molar-refractivity contribution in [2.24, 2.45) is 5.73 Å². The molecule has 2 heterocycles. The Labute approximate surface area is 153 Å². The van der Waals surface area contributed by atoms with Crippen LogP contribution in [0.5, 0.6) is 0 Å². The second-order valence-electron chi connectivity index (χ2n) is 7.11. The number of aryl methyl sites for hydroxylation is 1. The quantitative estimate of drug-likeness (QED) is 0.593. The molecule has 0 spiro atoms. The van der Waals surface area contributed by atoms with Crippen molar-refractivity contribution in [2.45, 2.75) is 57.7 Å². The molecule has 0 aromatic heterocycles. The SMILES string of the molecule is Cc1ccc2c(c1)CN(C1CCC(=O)NC1=O)C2=O.NC1CC=CCC1. The van der Waals surface area contributed by atoms with Gasteiger partial charge in [-0.3, -0.25) is 19.7 Å². The smallest absolute Gasteiger partial charge is 0.255 e. The zero-order chi connectivity index (χ0) is 18.7. The minimum absolute atomic E-state index is 0.121. The molecule has 0 radical (unpaired) electrons. The summed E-state index contributed by atoms with van der Waals surface area (Å²) in [6.45, 7) is 2.42. The van der Waals surface area contributed by atoms with Gasteiger partial charge in [-0.1, -0.05) is 29.8 Å². The molecule has 2 atom stereocenters. The number of piperidine rings is 1. The van der Waals surface area contributed by atoms with Gasteiger partial charge in [0.2, 0.25) is 11.8 Å². The second-order valence-corrected chi connectivity index (χ2v) is 7.11. The summed E-state index contributed by atoms with van der Waals surface area (Å²) in [6.07, 6.45) is 8.49. The van der Waals surface area contributed by atoms with Crippen LogP contribution in [0.2, 0.25) is 0 Å². The van der Waals surface area contributed by atoms with Crippen molar-refractivity contribution in [1.82, 2.24) is 10.2 Å². The number of rotatable bonds is 1. The maximum atomic E-state index is 12.3. The van der Waals surface area contributed by atoms with Gasteiger partial charge in [0.25, 0.3) is 5.91 Å². The van der Waals surface area contributed by atoms with E-state index < -0.39 is 6.04 Å². The number of nitrogens with one attached hydrogen (secondary N) is 1. The van der Waals surface area contributed by atoms with Gasteiger partial charge >= 0.3 is 0 Å². The summed E-state index contributed by atoms with van der Waals surface area (Å²) in [5.41, 5.74) is 8.29. The van der Waals surface area contributed by atoms with E-state index in [0.717, 1.165) is 17.5 Å². The molecule has 1 aromatic rings. The summed E-state index contributed by atoms with van der Waals surface area (Å²) in [4.78, 5) is 36.8. The van der Waals surface area contributed by atoms with E-state index in [1.165, 1.54) is 12.8 Å². The van der Waals surface area contributed by atoms with Crippen molar-refractivity contribution in [3.8, 4) is 0 Å². The molecule has 0 saturated carbocycles. The Morgan fingerprint density at radius 3 is 2.58 bits per heavy atom. The second kappa shape index (κ2) is 7.83. The number of hydrogen-bond donors (Lipinski definition) is 2. The highest BCUT2D eigenvalue weighted by molar-refractivity contribution is 6.05. The van der Waals surface area contributed by atoms with E-state index in [1.807, 2.05) is 19.1 Å². The van der Waals surface area contributed by atoms with E-state index in [-0.39, 0.29) is 24.1 Å². The molecule has 6 heteroatoms. The highest BCUT2D eigenvalue weighted by Gasteiger charge is 2.38. The zero-order valence-corrected chi connectivity index (χ0v) is 15.0. The maximum absolute atomic E-state index is 12.3. The molecule has 6 nitrogen and oxygen atoms in total. The third kappa shape index (κ3) is 4.02. The van der Waals surface area contributed by atoms with E-state index >= 15 is 0 Å². The van der Waals surface area contributed by atoms with E-state index in [9.17, 15) is 14.4 Å². The predicted molar refractivity (Wildman–Crippen MR) is 98.2 cm³/mol. The average molecular weight is 355 g/mol. The van der Waals surface area contributed by atoms with Gasteiger partial charge in [-0.25, -0.2) is 0 Å². The monoisotopic (exact) mass is 355 g/mol. The molecule has 3 amide bonds. The zero-order valence-electron chi connectivity index (χ0n) is 15.0. The van der Waals surface area contributed by atoms with Crippen molar-refractivity contribution in [1.29, 1.82) is 0 Å². The highest BCUT2D eigenvalue weighted by Crippen LogP contribution is 2.27. The van der Waals surface area contributed by atoms with Crippen molar-refractivity contribution in [2.75, 3.05) is 0 Å². The molecule has 2 unspecified atom stereocenters. The third-order valence-corrected chi connectivity index (χ3v) is 4.99. The lowest BCUT2D eigenvalue weighted by Crippen LogP contribution is -2.52. The van der Waals surface area contributed by atoms with Crippen LogP contribution < -0.4 is 11.1 Å². The topological polar surface area (TPSA) is 92.5 Å². The molecule has 3 N–H and O–H groups in total. The minimum atomic E-state index is -0.530. The third-order valence-electron chi connectivity index (χ3n) is 4.99. The standard InChI is InChI=1S/C14H14N2O3.C6H11N/c1-8-2-3-10-9(6-8)7-16(14(10)19)11-4-5-12(17)15-13(11)18;7-6-4-2-1-3-5-6/h2-3,6,11H,4-5,7H2,1H3,(H,15,17,18);1-2,6H,3-5,7H2. The summed E-state index contributed by atoms with van der Waals surface area (Å²) >= 11 is 0. The molecule has 4 rings (SSSR count). The lowest BCUT2D eigenvalue weighted by molar-refractivity contribution is -0.136. The minimum Gasteiger partial charge on any atom is -0.327 e. The van der Waals surface area contributed by atoms with Gasteiger partial charge in [-0.05, 0) is 44.2 Å². The number of allylic oxidation sites excluding steroid dienone is 1. The lowest BCUT2D eigenvalue weighted by Gasteiger charge is -2.29. The summed E-state index contributed by atoms with van der Waals surface area (Å²) < 4.78 is 0. The van der Waals surface area contributed by atoms with Crippen molar-refractivity contribution in [3.63, 3.8) is 0 Å². The van der Waals surface area contributed by atoms with Gasteiger partial charge in [0.1, 0.15) is 6.04 Å². The van der Waals surface area contributed by atoms with E-state index in [4.69, 9.17) is 5.73 Å². The summed E-state index contributed by atoms with van der Waals surface area (Å²) in [6, 6.07) is 5.59. The molecule has 1 aromatic carbocycles. The fourth-order valence-electron chi connectivity index (χ4n) is 3.52. The van der Waals surface area contributed by atoms with Crippen LogP contribution in [0.15, 0.2) is 30.4 Å². The van der Waals surface area contributed by atoms with Gasteiger partial charge in [0, 0.05) is 24.6 Å². The Morgan fingerprint density at radius 2 is 1.96 bits per heavy atom. The summed E-state index contributed by atoms with van der Waals surface area (Å²) in [7, 11) is 0. The number of nitrogens with two attached hydrogens (primary N) is 1. The van der Waals surface area contributed by atoms with Crippen LogP contribution in [0.1, 0.15) is 53.6 Å². The maximum Gasteiger partial charge on any atom is 0.255 e. The predicted octanol–water partition coefficient (Wildman–Crippen LogP) is 1.81. The first-order chi connectivity index (χ1) is 12.5. The van der Waals surface area contributed by atoms with Crippen LogP contribution in [0.25, 0.3) is 0 Å². The Balaban J connectivity index is 0.000000236. The molecule has 1 aliphatic carbocycles. The average Bonchev–Trinajstić information content (AvgIpc) is 2.92.